The summed E-state index contributed by atoms with van der Waals surface area (Å²) >= 11 is 3.42. The molecule has 2 aliphatic rings. The van der Waals surface area contributed by atoms with Crippen molar-refractivity contribution in [1.29, 1.82) is 0 Å². The Morgan fingerprint density at radius 1 is 1.07 bits per heavy atom. The molecular formula is C23H22BrNO4. The van der Waals surface area contributed by atoms with Gasteiger partial charge in [0.1, 0.15) is 12.4 Å². The number of nitrogens with zero attached hydrogens (tertiary/aromatic N) is 1. The van der Waals surface area contributed by atoms with Gasteiger partial charge >= 0.3 is 6.09 Å². The van der Waals surface area contributed by atoms with Crippen LogP contribution in [0.2, 0.25) is 0 Å². The summed E-state index contributed by atoms with van der Waals surface area (Å²) in [6.07, 6.45) is 1.13. The van der Waals surface area contributed by atoms with Crippen molar-refractivity contribution in [2.24, 2.45) is 5.92 Å². The second-order valence-corrected chi connectivity index (χ2v) is 8.59. The molecule has 0 aromatic heterocycles. The van der Waals surface area contributed by atoms with Crippen LogP contribution in [-0.4, -0.2) is 35.3 Å². The third-order valence-electron chi connectivity index (χ3n) is 5.80. The van der Waals surface area contributed by atoms with Gasteiger partial charge in [-0.3, -0.25) is 9.59 Å². The average Bonchev–Trinajstić information content (AvgIpc) is 3.09. The van der Waals surface area contributed by atoms with E-state index in [-0.39, 0.29) is 30.3 Å². The molecule has 3 atom stereocenters. The van der Waals surface area contributed by atoms with E-state index in [0.717, 1.165) is 15.6 Å². The predicted molar refractivity (Wildman–Crippen MR) is 111 cm³/mol. The van der Waals surface area contributed by atoms with Gasteiger partial charge in [0.15, 0.2) is 0 Å². The summed E-state index contributed by atoms with van der Waals surface area (Å²) < 4.78 is 6.18. The minimum absolute atomic E-state index is 0.159. The first-order chi connectivity index (χ1) is 14.0. The van der Waals surface area contributed by atoms with E-state index in [0.29, 0.717) is 25.7 Å². The van der Waals surface area contributed by atoms with E-state index in [9.17, 15) is 14.4 Å². The fourth-order valence-corrected chi connectivity index (χ4v) is 4.57. The lowest BCUT2D eigenvalue weighted by Crippen LogP contribution is -2.46. The number of hydrogen-bond acceptors (Lipinski definition) is 4. The largest absolute Gasteiger partial charge is 0.447 e. The van der Waals surface area contributed by atoms with Crippen molar-refractivity contribution in [3.05, 3.63) is 70.2 Å². The maximum atomic E-state index is 13.5. The molecule has 1 heterocycles. The summed E-state index contributed by atoms with van der Waals surface area (Å²) in [5.41, 5.74) is 2.00. The monoisotopic (exact) mass is 455 g/mol. The number of carbonyl (C=O) groups is 3. The van der Waals surface area contributed by atoms with Gasteiger partial charge in [0.25, 0.3) is 0 Å². The lowest BCUT2D eigenvalue weighted by molar-refractivity contribution is -0.136. The van der Waals surface area contributed by atoms with E-state index in [1.165, 1.54) is 4.90 Å². The molecule has 1 unspecified atom stereocenters. The van der Waals surface area contributed by atoms with E-state index >= 15 is 0 Å². The Morgan fingerprint density at radius 2 is 1.79 bits per heavy atom. The number of Topliss-reactive ketones (excluding diaryl/α,β-unsaturated/α-hetero) is 1. The van der Waals surface area contributed by atoms with Crippen LogP contribution in [0.1, 0.15) is 36.3 Å². The number of carbonyl (C=O) groups excluding carboxylic acids is 3. The fraction of sp³-hybridized carbons (Fsp3) is 0.348. The Hall–Kier alpha value is -2.47. The highest BCUT2D eigenvalue weighted by atomic mass is 79.9. The number of ether oxygens (including phenoxy) is 1. The lowest BCUT2D eigenvalue weighted by atomic mass is 9.74. The molecule has 1 aliphatic carbocycles. The highest BCUT2D eigenvalue weighted by molar-refractivity contribution is 9.10. The van der Waals surface area contributed by atoms with Gasteiger partial charge in [0.2, 0.25) is 5.91 Å². The Bertz CT molecular complexity index is 912. The molecule has 0 spiro atoms. The number of halogens is 1. The van der Waals surface area contributed by atoms with Gasteiger partial charge in [-0.1, -0.05) is 58.4 Å². The predicted octanol–water partition coefficient (Wildman–Crippen LogP) is 4.49. The molecule has 4 rings (SSSR count). The fourth-order valence-electron chi connectivity index (χ4n) is 4.31. The summed E-state index contributed by atoms with van der Waals surface area (Å²) in [6, 6.07) is 17.2. The van der Waals surface area contributed by atoms with Gasteiger partial charge in [0.05, 0.1) is 6.04 Å². The van der Waals surface area contributed by atoms with Crippen molar-refractivity contribution in [2.75, 3.05) is 6.61 Å². The number of cyclic esters (lactones) is 1. The van der Waals surface area contributed by atoms with Crippen LogP contribution < -0.4 is 0 Å². The van der Waals surface area contributed by atoms with Crippen LogP contribution in [0.15, 0.2) is 59.1 Å². The summed E-state index contributed by atoms with van der Waals surface area (Å²) in [6.45, 7) is 0.202. The third-order valence-corrected chi connectivity index (χ3v) is 6.32. The molecule has 2 fully saturated rings. The first-order valence-corrected chi connectivity index (χ1v) is 10.6. The number of benzene rings is 2. The molecule has 1 saturated heterocycles. The molecule has 1 saturated carbocycles. The Kier molecular flexibility index (Phi) is 5.81. The summed E-state index contributed by atoms with van der Waals surface area (Å²) in [5, 5.41) is 0. The average molecular weight is 456 g/mol. The molecule has 150 valence electrons. The molecule has 0 N–H and O–H groups in total. The molecular weight excluding hydrogens is 434 g/mol. The topological polar surface area (TPSA) is 63.7 Å². The zero-order valence-corrected chi connectivity index (χ0v) is 17.5. The first kappa shape index (κ1) is 19.8. The SMILES string of the molecule is O=C1CC[C@@H](C(=O)N2C(=O)OCC2Cc2ccccc2)[C@@H](c2ccc(Br)cc2)C1. The van der Waals surface area contributed by atoms with E-state index in [4.69, 9.17) is 4.74 Å². The lowest BCUT2D eigenvalue weighted by Gasteiger charge is -2.33. The molecule has 5 nitrogen and oxygen atoms in total. The molecule has 6 heteroatoms. The molecule has 0 bridgehead atoms. The summed E-state index contributed by atoms with van der Waals surface area (Å²) in [5.74, 6) is -0.693. The van der Waals surface area contributed by atoms with Crippen LogP contribution in [0, 0.1) is 5.92 Å². The zero-order chi connectivity index (χ0) is 20.4. The van der Waals surface area contributed by atoms with Crippen molar-refractivity contribution in [2.45, 2.75) is 37.6 Å². The molecule has 1 aliphatic heterocycles. The van der Waals surface area contributed by atoms with E-state index in [1.54, 1.807) is 0 Å². The van der Waals surface area contributed by atoms with Gasteiger partial charge in [-0.05, 0) is 36.1 Å². The molecule has 2 aromatic rings. The van der Waals surface area contributed by atoms with Gasteiger partial charge < -0.3 is 4.74 Å². The normalized spacial score (nSPS) is 24.4. The Morgan fingerprint density at radius 3 is 2.52 bits per heavy atom. The van der Waals surface area contributed by atoms with Crippen LogP contribution in [0.3, 0.4) is 0 Å². The molecule has 0 radical (unpaired) electrons. The quantitative estimate of drug-likeness (QED) is 0.680. The minimum Gasteiger partial charge on any atom is -0.447 e. The Labute approximate surface area is 178 Å². The number of amides is 2. The van der Waals surface area contributed by atoms with Gasteiger partial charge in [-0.2, -0.15) is 0 Å². The standard InChI is InChI=1S/C23H22BrNO4/c24-17-8-6-16(7-9-17)21-13-19(26)10-11-20(21)22(27)25-18(14-29-23(25)28)12-15-4-2-1-3-5-15/h1-9,18,20-21H,10-14H2/t18?,20-,21-/m1/s1. The van der Waals surface area contributed by atoms with Crippen molar-refractivity contribution in [1.82, 2.24) is 4.90 Å². The van der Waals surface area contributed by atoms with Crippen LogP contribution in [-0.2, 0) is 20.7 Å². The number of imide groups is 1. The van der Waals surface area contributed by atoms with Crippen LogP contribution >= 0.6 is 15.9 Å². The maximum absolute atomic E-state index is 13.5. The van der Waals surface area contributed by atoms with Gasteiger partial charge in [0, 0.05) is 29.2 Å². The molecule has 29 heavy (non-hydrogen) atoms. The van der Waals surface area contributed by atoms with Crippen LogP contribution in [0.25, 0.3) is 0 Å². The van der Waals surface area contributed by atoms with Crippen LogP contribution in [0.5, 0.6) is 0 Å². The highest BCUT2D eigenvalue weighted by Gasteiger charge is 2.44. The third kappa shape index (κ3) is 4.27. The van der Waals surface area contributed by atoms with Crippen molar-refractivity contribution in [3.63, 3.8) is 0 Å². The van der Waals surface area contributed by atoms with E-state index in [1.807, 2.05) is 54.6 Å². The smallest absolute Gasteiger partial charge is 0.416 e. The number of hydrogen-bond donors (Lipinski definition) is 0. The summed E-state index contributed by atoms with van der Waals surface area (Å²) in [4.78, 5) is 39.3. The second kappa shape index (κ2) is 8.49. The van der Waals surface area contributed by atoms with Gasteiger partial charge in [-0.15, -0.1) is 0 Å². The minimum atomic E-state index is -0.581. The first-order valence-electron chi connectivity index (χ1n) is 9.84. The van der Waals surface area contributed by atoms with E-state index < -0.39 is 12.0 Å². The Balaban J connectivity index is 1.58. The second-order valence-electron chi connectivity index (χ2n) is 7.67. The van der Waals surface area contributed by atoms with E-state index in [2.05, 4.69) is 15.9 Å². The highest BCUT2D eigenvalue weighted by Crippen LogP contribution is 2.39. The van der Waals surface area contributed by atoms with Crippen molar-refractivity contribution < 1.29 is 19.1 Å². The molecule has 2 amide bonds. The number of rotatable bonds is 4. The summed E-state index contributed by atoms with van der Waals surface area (Å²) in [7, 11) is 0. The van der Waals surface area contributed by atoms with Gasteiger partial charge in [-0.25, -0.2) is 9.69 Å². The van der Waals surface area contributed by atoms with Crippen LogP contribution in [0.4, 0.5) is 4.79 Å². The van der Waals surface area contributed by atoms with Crippen molar-refractivity contribution in [3.8, 4) is 0 Å². The number of ketones is 1. The molecule has 2 aromatic carbocycles. The van der Waals surface area contributed by atoms with Crippen molar-refractivity contribution >= 4 is 33.7 Å². The maximum Gasteiger partial charge on any atom is 0.416 e. The zero-order valence-electron chi connectivity index (χ0n) is 15.9.